The van der Waals surface area contributed by atoms with Crippen LogP contribution in [0.2, 0.25) is 0 Å². The minimum atomic E-state index is 0.562. The van der Waals surface area contributed by atoms with Gasteiger partial charge in [-0.2, -0.15) is 0 Å². The van der Waals surface area contributed by atoms with E-state index in [0.29, 0.717) is 6.04 Å². The molecule has 0 N–H and O–H groups in total. The molecule has 0 bridgehead atoms. The largest absolute Gasteiger partial charge is 0.303 e. The predicted octanol–water partition coefficient (Wildman–Crippen LogP) is 2.21. The quantitative estimate of drug-likeness (QED) is 0.585. The molecule has 0 aliphatic heterocycles. The molecule has 1 heteroatoms. The summed E-state index contributed by atoms with van der Waals surface area (Å²) in [7, 11) is 4.24. The average molecular weight is 151 g/mol. The molecule has 1 atom stereocenters. The zero-order valence-electron chi connectivity index (χ0n) is 7.67. The van der Waals surface area contributed by atoms with E-state index < -0.39 is 0 Å². The molecule has 0 aromatic heterocycles. The van der Waals surface area contributed by atoms with Crippen LogP contribution in [0.25, 0.3) is 0 Å². The average Bonchev–Trinajstić information content (AvgIpc) is 2.05. The standard InChI is InChI=1S/C10H17N/c1-9(11(2)3)10-7-5-4-6-8-10/h5,7-9H,4,6H2,1-3H3. The van der Waals surface area contributed by atoms with Crippen molar-refractivity contribution in [2.75, 3.05) is 14.1 Å². The van der Waals surface area contributed by atoms with Gasteiger partial charge in [-0.1, -0.05) is 18.2 Å². The van der Waals surface area contributed by atoms with E-state index in [1.165, 1.54) is 18.4 Å². The van der Waals surface area contributed by atoms with Crippen molar-refractivity contribution in [3.8, 4) is 0 Å². The Labute approximate surface area is 69.4 Å². The van der Waals surface area contributed by atoms with Gasteiger partial charge >= 0.3 is 0 Å². The van der Waals surface area contributed by atoms with Crippen LogP contribution in [0.1, 0.15) is 19.8 Å². The Balaban J connectivity index is 2.59. The molecule has 1 aliphatic rings. The van der Waals surface area contributed by atoms with Crippen molar-refractivity contribution in [3.63, 3.8) is 0 Å². The molecule has 0 aromatic carbocycles. The van der Waals surface area contributed by atoms with E-state index in [2.05, 4.69) is 44.1 Å². The van der Waals surface area contributed by atoms with Crippen LogP contribution in [0, 0.1) is 0 Å². The maximum absolute atomic E-state index is 2.34. The Morgan fingerprint density at radius 2 is 2.09 bits per heavy atom. The minimum absolute atomic E-state index is 0.562. The van der Waals surface area contributed by atoms with E-state index >= 15 is 0 Å². The first-order valence-electron chi connectivity index (χ1n) is 4.25. The van der Waals surface area contributed by atoms with Crippen LogP contribution in [0.4, 0.5) is 0 Å². The Hall–Kier alpha value is -0.560. The smallest absolute Gasteiger partial charge is 0.0310 e. The Morgan fingerprint density at radius 1 is 1.36 bits per heavy atom. The highest BCUT2D eigenvalue weighted by Crippen LogP contribution is 2.15. The molecule has 0 heterocycles. The highest BCUT2D eigenvalue weighted by molar-refractivity contribution is 5.26. The van der Waals surface area contributed by atoms with Crippen LogP contribution >= 0.6 is 0 Å². The lowest BCUT2D eigenvalue weighted by molar-refractivity contribution is 0.353. The summed E-state index contributed by atoms with van der Waals surface area (Å²) >= 11 is 0. The summed E-state index contributed by atoms with van der Waals surface area (Å²) in [6.45, 7) is 2.24. The highest BCUT2D eigenvalue weighted by atomic mass is 15.1. The van der Waals surface area contributed by atoms with Crippen LogP contribution in [-0.2, 0) is 0 Å². The summed E-state index contributed by atoms with van der Waals surface area (Å²) in [4.78, 5) is 2.24. The van der Waals surface area contributed by atoms with Gasteiger partial charge in [0, 0.05) is 6.04 Å². The van der Waals surface area contributed by atoms with Gasteiger partial charge in [0.15, 0.2) is 0 Å². The van der Waals surface area contributed by atoms with Gasteiger partial charge in [0.25, 0.3) is 0 Å². The molecule has 62 valence electrons. The van der Waals surface area contributed by atoms with Crippen LogP contribution in [0.3, 0.4) is 0 Å². The van der Waals surface area contributed by atoms with Crippen LogP contribution in [0.5, 0.6) is 0 Å². The molecule has 0 saturated heterocycles. The monoisotopic (exact) mass is 151 g/mol. The topological polar surface area (TPSA) is 3.24 Å². The van der Waals surface area contributed by atoms with E-state index in [9.17, 15) is 0 Å². The lowest BCUT2D eigenvalue weighted by atomic mass is 10.0. The number of nitrogens with zero attached hydrogens (tertiary/aromatic N) is 1. The molecule has 0 fully saturated rings. The summed E-state index contributed by atoms with van der Waals surface area (Å²) in [6, 6.07) is 0.562. The van der Waals surface area contributed by atoms with E-state index in [4.69, 9.17) is 0 Å². The van der Waals surface area contributed by atoms with Gasteiger partial charge in [0.1, 0.15) is 0 Å². The zero-order chi connectivity index (χ0) is 8.27. The summed E-state index contributed by atoms with van der Waals surface area (Å²) < 4.78 is 0. The fraction of sp³-hybridized carbons (Fsp3) is 0.600. The molecule has 11 heavy (non-hydrogen) atoms. The lowest BCUT2D eigenvalue weighted by Crippen LogP contribution is -2.26. The molecular formula is C10H17N. The van der Waals surface area contributed by atoms with Gasteiger partial charge < -0.3 is 4.90 Å². The van der Waals surface area contributed by atoms with E-state index in [1.807, 2.05) is 0 Å². The molecule has 0 spiro atoms. The maximum atomic E-state index is 2.34. The number of likely N-dealkylation sites (N-methyl/N-ethyl adjacent to an activating group) is 1. The summed E-state index contributed by atoms with van der Waals surface area (Å²) in [5.41, 5.74) is 1.46. The third-order valence-electron chi connectivity index (χ3n) is 2.28. The van der Waals surface area contributed by atoms with Crippen molar-refractivity contribution >= 4 is 0 Å². The molecule has 1 aliphatic carbocycles. The van der Waals surface area contributed by atoms with Gasteiger partial charge in [-0.3, -0.25) is 0 Å². The van der Waals surface area contributed by atoms with E-state index in [-0.39, 0.29) is 0 Å². The summed E-state index contributed by atoms with van der Waals surface area (Å²) in [6.07, 6.45) is 9.27. The van der Waals surface area contributed by atoms with Crippen molar-refractivity contribution in [2.24, 2.45) is 0 Å². The SMILES string of the molecule is CC(C1=CCCC=C1)N(C)C. The van der Waals surface area contributed by atoms with Gasteiger partial charge in [-0.15, -0.1) is 0 Å². The maximum Gasteiger partial charge on any atom is 0.0310 e. The molecule has 0 amide bonds. The Kier molecular flexibility index (Phi) is 2.89. The first kappa shape index (κ1) is 8.54. The van der Waals surface area contributed by atoms with Gasteiger partial charge in [0.2, 0.25) is 0 Å². The van der Waals surface area contributed by atoms with Crippen LogP contribution in [0.15, 0.2) is 23.8 Å². The number of hydrogen-bond donors (Lipinski definition) is 0. The van der Waals surface area contributed by atoms with Crippen LogP contribution < -0.4 is 0 Å². The second-order valence-corrected chi connectivity index (χ2v) is 3.32. The normalized spacial score (nSPS) is 20.2. The third-order valence-corrected chi connectivity index (χ3v) is 2.28. The van der Waals surface area contributed by atoms with E-state index in [1.54, 1.807) is 0 Å². The predicted molar refractivity (Wildman–Crippen MR) is 49.6 cm³/mol. The summed E-state index contributed by atoms with van der Waals surface area (Å²) in [5, 5.41) is 0. The third kappa shape index (κ3) is 2.19. The lowest BCUT2D eigenvalue weighted by Gasteiger charge is -2.22. The molecule has 0 saturated carbocycles. The minimum Gasteiger partial charge on any atom is -0.303 e. The number of hydrogen-bond acceptors (Lipinski definition) is 1. The number of allylic oxidation sites excluding steroid dienone is 2. The second kappa shape index (κ2) is 3.72. The van der Waals surface area contributed by atoms with Gasteiger partial charge in [0.05, 0.1) is 0 Å². The summed E-state index contributed by atoms with van der Waals surface area (Å²) in [5.74, 6) is 0. The van der Waals surface area contributed by atoms with Crippen molar-refractivity contribution in [1.82, 2.24) is 4.90 Å². The highest BCUT2D eigenvalue weighted by Gasteiger charge is 2.08. The molecule has 1 rings (SSSR count). The first-order chi connectivity index (χ1) is 5.22. The first-order valence-corrected chi connectivity index (χ1v) is 4.25. The molecular weight excluding hydrogens is 134 g/mol. The fourth-order valence-electron chi connectivity index (χ4n) is 1.24. The zero-order valence-corrected chi connectivity index (χ0v) is 7.67. The van der Waals surface area contributed by atoms with E-state index in [0.717, 1.165) is 0 Å². The molecule has 0 radical (unpaired) electrons. The van der Waals surface area contributed by atoms with Gasteiger partial charge in [-0.25, -0.2) is 0 Å². The Bertz CT molecular complexity index is 177. The van der Waals surface area contributed by atoms with Crippen molar-refractivity contribution < 1.29 is 0 Å². The fourth-order valence-corrected chi connectivity index (χ4v) is 1.24. The van der Waals surface area contributed by atoms with Crippen LogP contribution in [-0.4, -0.2) is 25.0 Å². The molecule has 1 nitrogen and oxygen atoms in total. The van der Waals surface area contributed by atoms with Crippen molar-refractivity contribution in [1.29, 1.82) is 0 Å². The Morgan fingerprint density at radius 3 is 2.55 bits per heavy atom. The van der Waals surface area contributed by atoms with Crippen molar-refractivity contribution in [2.45, 2.75) is 25.8 Å². The second-order valence-electron chi connectivity index (χ2n) is 3.32. The molecule has 1 unspecified atom stereocenters. The van der Waals surface area contributed by atoms with Crippen molar-refractivity contribution in [3.05, 3.63) is 23.8 Å². The molecule has 0 aromatic rings. The van der Waals surface area contributed by atoms with Gasteiger partial charge in [-0.05, 0) is 39.4 Å². The number of rotatable bonds is 2.